The molecule has 0 bridgehead atoms. The molecule has 1 aliphatic heterocycles. The number of amides is 1. The number of anilines is 3. The van der Waals surface area contributed by atoms with Crippen LogP contribution in [0.1, 0.15) is 58.6 Å². The van der Waals surface area contributed by atoms with Crippen molar-refractivity contribution in [2.75, 3.05) is 30.5 Å². The van der Waals surface area contributed by atoms with Gasteiger partial charge in [0.1, 0.15) is 42.0 Å². The van der Waals surface area contributed by atoms with Gasteiger partial charge in [-0.2, -0.15) is 9.99 Å². The summed E-state index contributed by atoms with van der Waals surface area (Å²) in [6, 6.07) is 28.4. The number of rotatable bonds is 12. The molecule has 0 unspecified atom stereocenters. The van der Waals surface area contributed by atoms with E-state index >= 15 is 0 Å². The molecule has 1 N–H and O–H groups in total. The zero-order chi connectivity index (χ0) is 35.7. The summed E-state index contributed by atoms with van der Waals surface area (Å²) in [5, 5.41) is 7.85. The summed E-state index contributed by atoms with van der Waals surface area (Å²) in [6.07, 6.45) is 1.34. The first-order chi connectivity index (χ1) is 24.1. The molecule has 1 saturated carbocycles. The van der Waals surface area contributed by atoms with Gasteiger partial charge in [-0.1, -0.05) is 80.6 Å². The molecule has 2 heterocycles. The van der Waals surface area contributed by atoms with E-state index < -0.39 is 5.60 Å². The lowest BCUT2D eigenvalue weighted by Crippen LogP contribution is -2.66. The van der Waals surface area contributed by atoms with Crippen molar-refractivity contribution < 1.29 is 23.7 Å². The van der Waals surface area contributed by atoms with Gasteiger partial charge in [0.25, 0.3) is 0 Å². The number of pyridine rings is 1. The fourth-order valence-electron chi connectivity index (χ4n) is 6.13. The molecule has 1 amide bonds. The number of nitrogens with zero attached hydrogens (tertiary/aromatic N) is 4. The first-order valence-corrected chi connectivity index (χ1v) is 17.1. The van der Waals surface area contributed by atoms with E-state index in [0.29, 0.717) is 48.4 Å². The second kappa shape index (κ2) is 15.9. The number of aromatic nitrogens is 1. The van der Waals surface area contributed by atoms with Crippen LogP contribution in [0, 0.1) is 10.3 Å². The predicted octanol–water partition coefficient (Wildman–Crippen LogP) is 8.91. The highest BCUT2D eigenvalue weighted by Crippen LogP contribution is 2.51. The Labute approximate surface area is 294 Å². The highest BCUT2D eigenvalue weighted by molar-refractivity contribution is 5.82. The molecule has 1 aliphatic carbocycles. The maximum absolute atomic E-state index is 12.6. The quantitative estimate of drug-likeness (QED) is 0.116. The number of hydrogen-bond acceptors (Lipinski definition) is 9. The van der Waals surface area contributed by atoms with E-state index in [9.17, 15) is 9.70 Å². The number of carbonyl (C=O) groups excluding carboxylic acids is 1. The minimum Gasteiger partial charge on any atom is -0.488 e. The first kappa shape index (κ1) is 36.0. The Kier molecular flexibility index (Phi) is 11.5. The Balaban J connectivity index is 0.00000239. The van der Waals surface area contributed by atoms with E-state index in [1.165, 1.54) is 5.01 Å². The highest BCUT2D eigenvalue weighted by Gasteiger charge is 2.55. The molecule has 0 atom stereocenters. The predicted molar refractivity (Wildman–Crippen MR) is 195 cm³/mol. The molecule has 6 rings (SSSR count). The number of hydrogen-bond donors (Lipinski definition) is 1. The number of ether oxygens (including phenoxy) is 4. The topological polar surface area (TPSA) is 115 Å². The van der Waals surface area contributed by atoms with Gasteiger partial charge in [0, 0.05) is 31.6 Å². The van der Waals surface area contributed by atoms with Crippen molar-refractivity contribution >= 4 is 23.2 Å². The maximum Gasteiger partial charge on any atom is 0.410 e. The van der Waals surface area contributed by atoms with Crippen LogP contribution in [0.4, 0.5) is 21.9 Å². The van der Waals surface area contributed by atoms with Crippen LogP contribution in [0.3, 0.4) is 0 Å². The molecular weight excluding hydrogens is 634 g/mol. The molecule has 11 heteroatoms. The lowest BCUT2D eigenvalue weighted by Gasteiger charge is -2.58. The monoisotopic (exact) mass is 681 g/mol. The summed E-state index contributed by atoms with van der Waals surface area (Å²) < 4.78 is 24.1. The van der Waals surface area contributed by atoms with Gasteiger partial charge in [0.15, 0.2) is 0 Å². The highest BCUT2D eigenvalue weighted by atomic mass is 16.6. The maximum atomic E-state index is 12.6. The van der Waals surface area contributed by atoms with Gasteiger partial charge in [-0.05, 0) is 62.9 Å². The van der Waals surface area contributed by atoms with Gasteiger partial charge in [-0.25, -0.2) is 4.79 Å². The molecule has 1 saturated heterocycles. The average Bonchev–Trinajstić information content (AvgIpc) is 3.08. The van der Waals surface area contributed by atoms with Crippen molar-refractivity contribution in [3.63, 3.8) is 0 Å². The number of nitrogens with one attached hydrogen (secondary N) is 1. The van der Waals surface area contributed by atoms with Crippen LogP contribution >= 0.6 is 0 Å². The van der Waals surface area contributed by atoms with Crippen LogP contribution in [0.25, 0.3) is 0 Å². The average molecular weight is 682 g/mol. The zero-order valence-corrected chi connectivity index (χ0v) is 29.7. The summed E-state index contributed by atoms with van der Waals surface area (Å²) in [6.45, 7) is 11.5. The van der Waals surface area contributed by atoms with Crippen LogP contribution in [0.15, 0.2) is 96.3 Å². The van der Waals surface area contributed by atoms with Crippen molar-refractivity contribution in [3.8, 4) is 17.5 Å². The zero-order valence-electron chi connectivity index (χ0n) is 29.7. The fraction of sp³-hybridized carbons (Fsp3) is 0.385. The summed E-state index contributed by atoms with van der Waals surface area (Å²) >= 11 is 0. The molecule has 1 aromatic heterocycles. The number of nitroso groups, excluding NO2 is 1. The Hall–Kier alpha value is -5.32. The smallest absolute Gasteiger partial charge is 0.410 e. The van der Waals surface area contributed by atoms with Gasteiger partial charge in [0.2, 0.25) is 11.8 Å². The van der Waals surface area contributed by atoms with E-state index in [1.807, 2.05) is 107 Å². The molecule has 264 valence electrons. The van der Waals surface area contributed by atoms with Crippen LogP contribution in [0.2, 0.25) is 0 Å². The van der Waals surface area contributed by atoms with Gasteiger partial charge >= 0.3 is 6.09 Å². The van der Waals surface area contributed by atoms with E-state index in [2.05, 4.69) is 15.6 Å². The summed E-state index contributed by atoms with van der Waals surface area (Å²) in [7, 11) is 1.77. The Morgan fingerprint density at radius 3 is 2.08 bits per heavy atom. The minimum atomic E-state index is -0.521. The number of benzene rings is 3. The Bertz CT molecular complexity index is 1720. The summed E-state index contributed by atoms with van der Waals surface area (Å²) in [4.78, 5) is 31.4. The van der Waals surface area contributed by atoms with E-state index in [-0.39, 0.29) is 30.1 Å². The molecule has 2 fully saturated rings. The first-order valence-electron chi connectivity index (χ1n) is 17.1. The standard InChI is InChI=1S/C37H41N5O6.C2H6/c1-36(2,3)48-35(43)41-24-37(25-41)20-28(21-37)47-31-17-11-16-29(33(31)38-4)42(40-44)30-18-19-32(45-22-26-12-7-5-8-13-26)39-34(30)46-23-27-14-9-6-10-15-27;1-2/h5-19,28,38H,20-25H2,1-4H3;1-2H3. The fourth-order valence-corrected chi connectivity index (χ4v) is 6.13. The molecule has 50 heavy (non-hydrogen) atoms. The van der Waals surface area contributed by atoms with Crippen LogP contribution in [-0.2, 0) is 18.0 Å². The SMILES string of the molecule is CC.CNc1c(OC2CC3(C2)CN(C(=O)OC(C)(C)C)C3)cccc1N(N=O)c1ccc(OCc2ccccc2)nc1OCc1ccccc1. The lowest BCUT2D eigenvalue weighted by atomic mass is 9.62. The van der Waals surface area contributed by atoms with Crippen molar-refractivity contribution in [3.05, 3.63) is 107 Å². The molecule has 1 spiro atoms. The molecule has 2 aliphatic rings. The number of carbonyl (C=O) groups is 1. The molecular formula is C39H47N5O6. The second-order valence-electron chi connectivity index (χ2n) is 13.3. The summed E-state index contributed by atoms with van der Waals surface area (Å²) in [5.74, 6) is 1.13. The third-order valence-corrected chi connectivity index (χ3v) is 8.37. The Morgan fingerprint density at radius 2 is 1.50 bits per heavy atom. The van der Waals surface area contributed by atoms with Crippen molar-refractivity contribution in [1.29, 1.82) is 0 Å². The van der Waals surface area contributed by atoms with Gasteiger partial charge < -0.3 is 29.2 Å². The van der Waals surface area contributed by atoms with Crippen molar-refractivity contribution in [2.24, 2.45) is 10.7 Å². The largest absolute Gasteiger partial charge is 0.488 e. The van der Waals surface area contributed by atoms with E-state index in [0.717, 1.165) is 24.0 Å². The number of para-hydroxylation sites is 1. The lowest BCUT2D eigenvalue weighted by molar-refractivity contribution is -0.116. The van der Waals surface area contributed by atoms with Gasteiger partial charge in [-0.15, -0.1) is 4.91 Å². The number of likely N-dealkylation sites (tertiary alicyclic amines) is 1. The molecule has 11 nitrogen and oxygen atoms in total. The second-order valence-corrected chi connectivity index (χ2v) is 13.3. The van der Waals surface area contributed by atoms with Gasteiger partial charge in [-0.3, -0.25) is 0 Å². The van der Waals surface area contributed by atoms with Crippen LogP contribution < -0.4 is 24.5 Å². The van der Waals surface area contributed by atoms with Crippen LogP contribution in [0.5, 0.6) is 17.5 Å². The van der Waals surface area contributed by atoms with Gasteiger partial charge in [0.05, 0.1) is 11.0 Å². The Morgan fingerprint density at radius 1 is 0.880 bits per heavy atom. The van der Waals surface area contributed by atoms with Crippen molar-refractivity contribution in [2.45, 2.75) is 72.4 Å². The van der Waals surface area contributed by atoms with Crippen LogP contribution in [-0.4, -0.2) is 47.8 Å². The van der Waals surface area contributed by atoms with Crippen molar-refractivity contribution in [1.82, 2.24) is 9.88 Å². The third kappa shape index (κ3) is 8.63. The molecule has 3 aromatic carbocycles. The van der Waals surface area contributed by atoms with E-state index in [1.54, 1.807) is 30.1 Å². The normalized spacial score (nSPS) is 14.6. The summed E-state index contributed by atoms with van der Waals surface area (Å²) in [5.41, 5.74) is 2.89. The van der Waals surface area contributed by atoms with E-state index in [4.69, 9.17) is 18.9 Å². The third-order valence-electron chi connectivity index (χ3n) is 8.37. The minimum absolute atomic E-state index is 0.0294. The molecule has 0 radical (unpaired) electrons. The molecule has 4 aromatic rings.